The highest BCUT2D eigenvalue weighted by Crippen LogP contribution is 2.45. The summed E-state index contributed by atoms with van der Waals surface area (Å²) in [6.07, 6.45) is 3.57. The quantitative estimate of drug-likeness (QED) is 0.185. The third kappa shape index (κ3) is 5.80. The van der Waals surface area contributed by atoms with Crippen molar-refractivity contribution < 1.29 is 23.1 Å². The van der Waals surface area contributed by atoms with Gasteiger partial charge < -0.3 is 24.8 Å². The molecule has 13 heteroatoms. The van der Waals surface area contributed by atoms with Crippen LogP contribution in [-0.2, 0) is 11.2 Å². The summed E-state index contributed by atoms with van der Waals surface area (Å²) in [5, 5.41) is 3.42. The summed E-state index contributed by atoms with van der Waals surface area (Å²) in [6.45, 7) is 3.23. The molecule has 2 saturated heterocycles. The van der Waals surface area contributed by atoms with Gasteiger partial charge in [-0.3, -0.25) is 9.59 Å². The van der Waals surface area contributed by atoms with Crippen LogP contribution in [-0.4, -0.2) is 59.6 Å². The van der Waals surface area contributed by atoms with E-state index in [2.05, 4.69) is 21.4 Å². The van der Waals surface area contributed by atoms with Gasteiger partial charge in [0.05, 0.1) is 38.4 Å². The maximum absolute atomic E-state index is 14.8. The van der Waals surface area contributed by atoms with E-state index in [9.17, 15) is 18.4 Å². The van der Waals surface area contributed by atoms with E-state index in [1.807, 2.05) is 23.1 Å². The molecule has 6 aromatic rings. The van der Waals surface area contributed by atoms with Crippen molar-refractivity contribution in [1.29, 1.82) is 0 Å². The van der Waals surface area contributed by atoms with Crippen molar-refractivity contribution in [3.05, 3.63) is 112 Å². The SMILES string of the molecule is O=C(Nc1ccc(C(=O)N2CCc3cc(-c4nc5cccc(Cl)c5[nH]4)sc3-c3ccc(F)cc32)cc1)c1cc(F)cnc1N1CC2(CCOCC2)C1. The van der Waals surface area contributed by atoms with Crippen LogP contribution in [0.15, 0.2) is 79.0 Å². The summed E-state index contributed by atoms with van der Waals surface area (Å²) < 4.78 is 34.6. The lowest BCUT2D eigenvalue weighted by molar-refractivity contribution is -0.000515. The van der Waals surface area contributed by atoms with Crippen LogP contribution >= 0.6 is 22.9 Å². The normalized spacial score (nSPS) is 16.3. The summed E-state index contributed by atoms with van der Waals surface area (Å²) in [4.78, 5) is 45.3. The van der Waals surface area contributed by atoms with Crippen molar-refractivity contribution in [2.45, 2.75) is 19.3 Å². The Morgan fingerprint density at radius 2 is 1.79 bits per heavy atom. The number of rotatable bonds is 5. The molecule has 0 bridgehead atoms. The average molecular weight is 737 g/mol. The number of carbonyl (C=O) groups excluding carboxylic acids is 2. The first kappa shape index (κ1) is 32.7. The maximum atomic E-state index is 14.8. The number of aromatic amines is 1. The van der Waals surface area contributed by atoms with E-state index < -0.39 is 17.5 Å². The van der Waals surface area contributed by atoms with Crippen LogP contribution in [0.4, 0.5) is 26.0 Å². The standard InChI is InChI=1S/C39H31ClF2N6O3S/c40-29-2-1-3-30-33(29)46-35(45-30)32-16-23-10-13-48(31-18-24(41)6-9-27(31)34(23)52-32)38(50)22-4-7-26(8-5-22)44-37(49)28-17-25(42)19-43-36(28)47-20-39(21-47)11-14-51-15-12-39/h1-9,16-19H,10-15,20-21H2,(H,44,49)(H,45,46). The molecule has 9 rings (SSSR count). The number of imidazole rings is 1. The number of ether oxygens (including phenoxy) is 1. The van der Waals surface area contributed by atoms with Gasteiger partial charge in [-0.2, -0.15) is 0 Å². The average Bonchev–Trinajstić information content (AvgIpc) is 3.74. The molecule has 262 valence electrons. The molecule has 2 fully saturated rings. The van der Waals surface area contributed by atoms with Crippen molar-refractivity contribution in [2.24, 2.45) is 5.41 Å². The fourth-order valence-corrected chi connectivity index (χ4v) is 8.90. The Bertz CT molecular complexity index is 2380. The Kier molecular flexibility index (Phi) is 8.05. The zero-order chi connectivity index (χ0) is 35.6. The van der Waals surface area contributed by atoms with Crippen molar-refractivity contribution in [3.63, 3.8) is 0 Å². The zero-order valence-corrected chi connectivity index (χ0v) is 29.3. The number of aromatic nitrogens is 3. The molecule has 9 nitrogen and oxygen atoms in total. The number of para-hydroxylation sites is 1. The van der Waals surface area contributed by atoms with E-state index in [-0.39, 0.29) is 16.9 Å². The number of hydrogen-bond donors (Lipinski definition) is 2. The van der Waals surface area contributed by atoms with Crippen molar-refractivity contribution in [1.82, 2.24) is 15.0 Å². The molecule has 1 spiro atoms. The Morgan fingerprint density at radius 3 is 2.58 bits per heavy atom. The van der Waals surface area contributed by atoms with E-state index in [0.717, 1.165) is 64.0 Å². The van der Waals surface area contributed by atoms with Crippen LogP contribution in [0, 0.1) is 17.0 Å². The van der Waals surface area contributed by atoms with E-state index in [0.29, 0.717) is 59.8 Å². The third-order valence-corrected chi connectivity index (χ3v) is 11.8. The van der Waals surface area contributed by atoms with E-state index in [4.69, 9.17) is 21.3 Å². The first-order chi connectivity index (χ1) is 25.2. The second-order valence-corrected chi connectivity index (χ2v) is 15.0. The van der Waals surface area contributed by atoms with Gasteiger partial charge in [-0.25, -0.2) is 18.7 Å². The maximum Gasteiger partial charge on any atom is 0.259 e. The zero-order valence-electron chi connectivity index (χ0n) is 27.7. The number of hydrogen-bond acceptors (Lipinski definition) is 7. The predicted octanol–water partition coefficient (Wildman–Crippen LogP) is 8.36. The summed E-state index contributed by atoms with van der Waals surface area (Å²) in [5.41, 5.74) is 4.87. The van der Waals surface area contributed by atoms with Gasteiger partial charge in [0.2, 0.25) is 0 Å². The summed E-state index contributed by atoms with van der Waals surface area (Å²) in [6, 6.07) is 19.8. The smallest absolute Gasteiger partial charge is 0.259 e. The van der Waals surface area contributed by atoms with Gasteiger partial charge in [-0.15, -0.1) is 11.3 Å². The molecule has 0 atom stereocenters. The van der Waals surface area contributed by atoms with Gasteiger partial charge in [0.25, 0.3) is 11.8 Å². The van der Waals surface area contributed by atoms with Crippen molar-refractivity contribution in [3.8, 4) is 21.1 Å². The molecule has 3 aromatic heterocycles. The highest BCUT2D eigenvalue weighted by molar-refractivity contribution is 7.19. The molecule has 2 N–H and O–H groups in total. The van der Waals surface area contributed by atoms with Crippen LogP contribution in [0.3, 0.4) is 0 Å². The molecule has 0 aliphatic carbocycles. The molecule has 3 aromatic carbocycles. The number of carbonyl (C=O) groups is 2. The Morgan fingerprint density at radius 1 is 0.981 bits per heavy atom. The molecule has 52 heavy (non-hydrogen) atoms. The predicted molar refractivity (Wildman–Crippen MR) is 198 cm³/mol. The summed E-state index contributed by atoms with van der Waals surface area (Å²) in [5.74, 6) is -0.716. The first-order valence-corrected chi connectivity index (χ1v) is 18.2. The second-order valence-electron chi connectivity index (χ2n) is 13.6. The molecular weight excluding hydrogens is 706 g/mol. The van der Waals surface area contributed by atoms with Gasteiger partial charge in [-0.1, -0.05) is 17.7 Å². The Balaban J connectivity index is 0.942. The van der Waals surface area contributed by atoms with Crippen LogP contribution in [0.25, 0.3) is 32.2 Å². The van der Waals surface area contributed by atoms with Gasteiger partial charge in [0.15, 0.2) is 0 Å². The lowest BCUT2D eigenvalue weighted by Gasteiger charge is -2.53. The number of amides is 2. The summed E-state index contributed by atoms with van der Waals surface area (Å²) >= 11 is 7.91. The van der Waals surface area contributed by atoms with Crippen LogP contribution in [0.1, 0.15) is 39.1 Å². The number of nitrogens with one attached hydrogen (secondary N) is 2. The first-order valence-electron chi connectivity index (χ1n) is 17.0. The Labute approximate surface area is 306 Å². The topological polar surface area (TPSA) is 103 Å². The van der Waals surface area contributed by atoms with Crippen LogP contribution in [0.5, 0.6) is 0 Å². The lowest BCUT2D eigenvalue weighted by atomic mass is 9.73. The number of anilines is 3. The number of H-pyrrole nitrogens is 1. The lowest BCUT2D eigenvalue weighted by Crippen LogP contribution is -2.59. The number of benzene rings is 3. The number of halogens is 3. The highest BCUT2D eigenvalue weighted by atomic mass is 35.5. The molecule has 0 radical (unpaired) electrons. The van der Waals surface area contributed by atoms with Gasteiger partial charge in [0, 0.05) is 60.0 Å². The number of thiophene rings is 1. The van der Waals surface area contributed by atoms with Crippen molar-refractivity contribution >= 4 is 63.0 Å². The molecule has 3 aliphatic heterocycles. The molecule has 2 amide bonds. The van der Waals surface area contributed by atoms with E-state index >= 15 is 0 Å². The largest absolute Gasteiger partial charge is 0.381 e. The molecule has 0 unspecified atom stereocenters. The fourth-order valence-electron chi connectivity index (χ4n) is 7.49. The monoisotopic (exact) mass is 736 g/mol. The van der Waals surface area contributed by atoms with E-state index in [1.165, 1.54) is 29.5 Å². The highest BCUT2D eigenvalue weighted by Gasteiger charge is 2.45. The van der Waals surface area contributed by atoms with Crippen LogP contribution in [0.2, 0.25) is 5.02 Å². The van der Waals surface area contributed by atoms with E-state index in [1.54, 1.807) is 35.2 Å². The Hall–Kier alpha value is -5.17. The minimum atomic E-state index is -0.602. The van der Waals surface area contributed by atoms with Gasteiger partial charge >= 0.3 is 0 Å². The molecular formula is C39H31ClF2N6O3S. The van der Waals surface area contributed by atoms with Gasteiger partial charge in [0.1, 0.15) is 23.3 Å². The number of pyridine rings is 1. The summed E-state index contributed by atoms with van der Waals surface area (Å²) in [7, 11) is 0. The van der Waals surface area contributed by atoms with Gasteiger partial charge in [-0.05, 0) is 91.6 Å². The fraction of sp³-hybridized carbons (Fsp3) is 0.231. The second kappa shape index (κ2) is 12.8. The van der Waals surface area contributed by atoms with Crippen molar-refractivity contribution in [2.75, 3.05) is 48.0 Å². The minimum absolute atomic E-state index is 0.142. The number of nitrogens with zero attached hydrogens (tertiary/aromatic N) is 4. The molecule has 6 heterocycles. The van der Waals surface area contributed by atoms with Crippen LogP contribution < -0.4 is 15.1 Å². The number of fused-ring (bicyclic) bond motifs is 4. The third-order valence-electron chi connectivity index (χ3n) is 10.2. The molecule has 0 saturated carbocycles. The molecule has 3 aliphatic rings. The minimum Gasteiger partial charge on any atom is -0.381 e.